The van der Waals surface area contributed by atoms with Gasteiger partial charge in [0.05, 0.1) is 28.5 Å². The Kier molecular flexibility index (Phi) is 3.40. The standard InChI is InChI=1S/C13H13FN2O5/c1-13(2)9(10(13)12(18)19)11(17)15-7-3-6(14)4-8(5-7)16(20)21/h3-5,9-10H,1-2H3,(H,15,17)(H,18,19). The molecule has 1 amide bonds. The molecule has 1 aliphatic rings. The summed E-state index contributed by atoms with van der Waals surface area (Å²) in [4.78, 5) is 32.9. The van der Waals surface area contributed by atoms with Crippen LogP contribution in [-0.4, -0.2) is 21.9 Å². The van der Waals surface area contributed by atoms with Gasteiger partial charge in [0.1, 0.15) is 5.82 Å². The summed E-state index contributed by atoms with van der Waals surface area (Å²) in [6.07, 6.45) is 0. The molecule has 2 unspecified atom stereocenters. The number of nitro groups is 1. The smallest absolute Gasteiger partial charge is 0.307 e. The number of nitrogens with zero attached hydrogens (tertiary/aromatic N) is 1. The number of carboxylic acids is 1. The van der Waals surface area contributed by atoms with Gasteiger partial charge in [-0.2, -0.15) is 0 Å². The van der Waals surface area contributed by atoms with Gasteiger partial charge in [-0.15, -0.1) is 0 Å². The molecule has 1 fully saturated rings. The van der Waals surface area contributed by atoms with Gasteiger partial charge in [0.25, 0.3) is 5.69 Å². The second-order valence-corrected chi connectivity index (χ2v) is 5.56. The van der Waals surface area contributed by atoms with Crippen LogP contribution in [-0.2, 0) is 9.59 Å². The van der Waals surface area contributed by atoms with Crippen LogP contribution in [0.25, 0.3) is 0 Å². The molecule has 1 aromatic rings. The van der Waals surface area contributed by atoms with Gasteiger partial charge in [-0.25, -0.2) is 4.39 Å². The summed E-state index contributed by atoms with van der Waals surface area (Å²) in [6, 6.07) is 2.69. The van der Waals surface area contributed by atoms with Gasteiger partial charge in [0.15, 0.2) is 0 Å². The fourth-order valence-electron chi connectivity index (χ4n) is 2.56. The van der Waals surface area contributed by atoms with Gasteiger partial charge >= 0.3 is 5.97 Å². The first-order valence-corrected chi connectivity index (χ1v) is 6.13. The van der Waals surface area contributed by atoms with E-state index in [2.05, 4.69) is 5.32 Å². The summed E-state index contributed by atoms with van der Waals surface area (Å²) in [5.74, 6) is -4.10. The fraction of sp³-hybridized carbons (Fsp3) is 0.385. The summed E-state index contributed by atoms with van der Waals surface area (Å²) in [6.45, 7) is 3.29. The van der Waals surface area contributed by atoms with E-state index >= 15 is 0 Å². The van der Waals surface area contributed by atoms with Crippen molar-refractivity contribution in [3.8, 4) is 0 Å². The predicted molar refractivity (Wildman–Crippen MR) is 70.1 cm³/mol. The number of hydrogen-bond acceptors (Lipinski definition) is 4. The molecule has 0 spiro atoms. The molecular weight excluding hydrogens is 283 g/mol. The Hall–Kier alpha value is -2.51. The molecule has 0 heterocycles. The van der Waals surface area contributed by atoms with E-state index in [9.17, 15) is 24.1 Å². The first-order chi connectivity index (χ1) is 9.64. The summed E-state index contributed by atoms with van der Waals surface area (Å²) in [5, 5.41) is 22.0. The van der Waals surface area contributed by atoms with Crippen molar-refractivity contribution in [1.29, 1.82) is 0 Å². The zero-order chi connectivity index (χ0) is 15.9. The van der Waals surface area contributed by atoms with E-state index in [1.807, 2.05) is 0 Å². The van der Waals surface area contributed by atoms with E-state index in [0.717, 1.165) is 18.2 Å². The lowest BCUT2D eigenvalue weighted by atomic mass is 10.1. The number of non-ortho nitro benzene ring substituents is 1. The summed E-state index contributed by atoms with van der Waals surface area (Å²) in [7, 11) is 0. The Bertz CT molecular complexity index is 643. The predicted octanol–water partition coefficient (Wildman–Crippen LogP) is 2.03. The van der Waals surface area contributed by atoms with E-state index in [0.29, 0.717) is 0 Å². The highest BCUT2D eigenvalue weighted by atomic mass is 19.1. The van der Waals surface area contributed by atoms with Gasteiger partial charge < -0.3 is 10.4 Å². The molecule has 1 aliphatic carbocycles. The van der Waals surface area contributed by atoms with Crippen LogP contribution < -0.4 is 5.32 Å². The van der Waals surface area contributed by atoms with Crippen molar-refractivity contribution in [1.82, 2.24) is 0 Å². The van der Waals surface area contributed by atoms with E-state index < -0.39 is 45.6 Å². The van der Waals surface area contributed by atoms with Crippen LogP contribution in [0.5, 0.6) is 0 Å². The number of halogens is 1. The van der Waals surface area contributed by atoms with Gasteiger partial charge in [-0.05, 0) is 11.5 Å². The number of nitrogens with one attached hydrogen (secondary N) is 1. The molecule has 112 valence electrons. The summed E-state index contributed by atoms with van der Waals surface area (Å²) in [5.41, 5.74) is -1.26. The van der Waals surface area contributed by atoms with Crippen molar-refractivity contribution in [2.75, 3.05) is 5.32 Å². The van der Waals surface area contributed by atoms with E-state index in [1.54, 1.807) is 13.8 Å². The second kappa shape index (κ2) is 4.80. The van der Waals surface area contributed by atoms with Crippen molar-refractivity contribution in [2.45, 2.75) is 13.8 Å². The van der Waals surface area contributed by atoms with Crippen LogP contribution in [0.4, 0.5) is 15.8 Å². The third kappa shape index (κ3) is 2.69. The van der Waals surface area contributed by atoms with Gasteiger partial charge in [-0.3, -0.25) is 19.7 Å². The summed E-state index contributed by atoms with van der Waals surface area (Å²) < 4.78 is 13.3. The third-order valence-electron chi connectivity index (χ3n) is 3.74. The Balaban J connectivity index is 2.18. The van der Waals surface area contributed by atoms with Crippen LogP contribution in [0, 0.1) is 33.2 Å². The average molecular weight is 296 g/mol. The van der Waals surface area contributed by atoms with Crippen molar-refractivity contribution in [3.63, 3.8) is 0 Å². The van der Waals surface area contributed by atoms with E-state index in [-0.39, 0.29) is 5.69 Å². The molecule has 0 saturated heterocycles. The number of anilines is 1. The summed E-state index contributed by atoms with van der Waals surface area (Å²) >= 11 is 0. The highest BCUT2D eigenvalue weighted by molar-refractivity contribution is 5.99. The molecular formula is C13H13FN2O5. The molecule has 2 N–H and O–H groups in total. The molecule has 21 heavy (non-hydrogen) atoms. The van der Waals surface area contributed by atoms with Crippen LogP contribution in [0.1, 0.15) is 13.8 Å². The van der Waals surface area contributed by atoms with E-state index in [1.165, 1.54) is 0 Å². The number of carboxylic acid groups (broad SMARTS) is 1. The topological polar surface area (TPSA) is 110 Å². The maximum atomic E-state index is 13.3. The fourth-order valence-corrected chi connectivity index (χ4v) is 2.56. The largest absolute Gasteiger partial charge is 0.481 e. The molecule has 1 saturated carbocycles. The van der Waals surface area contributed by atoms with Gasteiger partial charge in [0, 0.05) is 6.07 Å². The molecule has 8 heteroatoms. The third-order valence-corrected chi connectivity index (χ3v) is 3.74. The Labute approximate surface area is 118 Å². The molecule has 2 rings (SSSR count). The number of aliphatic carboxylic acids is 1. The first kappa shape index (κ1) is 14.9. The maximum Gasteiger partial charge on any atom is 0.307 e. The minimum absolute atomic E-state index is 0.0708. The lowest BCUT2D eigenvalue weighted by Gasteiger charge is -2.06. The van der Waals surface area contributed by atoms with E-state index in [4.69, 9.17) is 5.11 Å². The Morgan fingerprint density at radius 2 is 1.95 bits per heavy atom. The normalized spacial score (nSPS) is 22.4. The number of carbonyl (C=O) groups is 2. The highest BCUT2D eigenvalue weighted by Gasteiger charge is 2.65. The van der Waals surface area contributed by atoms with Crippen LogP contribution in [0.2, 0.25) is 0 Å². The first-order valence-electron chi connectivity index (χ1n) is 6.13. The number of carbonyl (C=O) groups excluding carboxylic acids is 1. The monoisotopic (exact) mass is 296 g/mol. The lowest BCUT2D eigenvalue weighted by Crippen LogP contribution is -2.18. The van der Waals surface area contributed by atoms with Crippen molar-refractivity contribution < 1.29 is 24.0 Å². The molecule has 1 aromatic carbocycles. The van der Waals surface area contributed by atoms with Gasteiger partial charge in [0.2, 0.25) is 5.91 Å². The van der Waals surface area contributed by atoms with Crippen LogP contribution >= 0.6 is 0 Å². The SMILES string of the molecule is CC1(C)C(C(=O)O)C1C(=O)Nc1cc(F)cc([N+](=O)[O-])c1. The second-order valence-electron chi connectivity index (χ2n) is 5.56. The average Bonchev–Trinajstić information content (AvgIpc) is 2.91. The number of amides is 1. The van der Waals surface area contributed by atoms with Gasteiger partial charge in [-0.1, -0.05) is 13.8 Å². The number of nitro benzene ring substituents is 1. The maximum absolute atomic E-state index is 13.3. The van der Waals surface area contributed by atoms with Crippen molar-refractivity contribution >= 4 is 23.3 Å². The molecule has 0 aliphatic heterocycles. The minimum atomic E-state index is -1.08. The Morgan fingerprint density at radius 1 is 1.33 bits per heavy atom. The zero-order valence-electron chi connectivity index (χ0n) is 11.3. The van der Waals surface area contributed by atoms with Crippen molar-refractivity contribution in [3.05, 3.63) is 34.1 Å². The quantitative estimate of drug-likeness (QED) is 0.652. The molecule has 2 atom stereocenters. The Morgan fingerprint density at radius 3 is 2.43 bits per heavy atom. The highest BCUT2D eigenvalue weighted by Crippen LogP contribution is 2.58. The van der Waals surface area contributed by atoms with Crippen molar-refractivity contribution in [2.24, 2.45) is 17.3 Å². The number of rotatable bonds is 4. The molecule has 0 bridgehead atoms. The molecule has 0 radical (unpaired) electrons. The zero-order valence-corrected chi connectivity index (χ0v) is 11.3. The molecule has 0 aromatic heterocycles. The number of benzene rings is 1. The van der Waals surface area contributed by atoms with Crippen LogP contribution in [0.15, 0.2) is 18.2 Å². The number of hydrogen-bond donors (Lipinski definition) is 2. The minimum Gasteiger partial charge on any atom is -0.481 e. The molecule has 7 nitrogen and oxygen atoms in total. The van der Waals surface area contributed by atoms with Crippen LogP contribution in [0.3, 0.4) is 0 Å². The lowest BCUT2D eigenvalue weighted by molar-refractivity contribution is -0.385.